The van der Waals surface area contributed by atoms with Crippen LogP contribution in [0.25, 0.3) is 0 Å². The second kappa shape index (κ2) is 3.83. The van der Waals surface area contributed by atoms with Gasteiger partial charge in [-0.15, -0.1) is 0 Å². The molecule has 0 fully saturated rings. The highest BCUT2D eigenvalue weighted by molar-refractivity contribution is 6.30. The van der Waals surface area contributed by atoms with E-state index in [0.717, 1.165) is 0 Å². The van der Waals surface area contributed by atoms with Gasteiger partial charge in [0.15, 0.2) is 0 Å². The van der Waals surface area contributed by atoms with Crippen molar-refractivity contribution in [3.8, 4) is 17.6 Å². The van der Waals surface area contributed by atoms with Crippen molar-refractivity contribution in [2.75, 3.05) is 0 Å². The number of amides is 1. The normalized spacial score (nSPS) is 8.69. The predicted octanol–water partition coefficient (Wildman–Crippen LogP) is 0.882. The van der Waals surface area contributed by atoms with Crippen molar-refractivity contribution < 1.29 is 9.90 Å². The Labute approximate surface area is 80.1 Å². The average Bonchev–Trinajstić information content (AvgIpc) is 1.99. The van der Waals surface area contributed by atoms with Crippen molar-refractivity contribution in [2.45, 2.75) is 0 Å². The molecule has 1 aromatic carbocycles. The molecule has 66 valence electrons. The summed E-state index contributed by atoms with van der Waals surface area (Å²) in [4.78, 5) is 10.3. The van der Waals surface area contributed by atoms with Gasteiger partial charge in [0.2, 0.25) is 0 Å². The number of phenols is 1. The van der Waals surface area contributed by atoms with E-state index in [0.29, 0.717) is 10.6 Å². The van der Waals surface area contributed by atoms with Gasteiger partial charge in [0.05, 0.1) is 0 Å². The maximum atomic E-state index is 10.3. The molecule has 0 radical (unpaired) electrons. The summed E-state index contributed by atoms with van der Waals surface area (Å²) in [5, 5.41) is 9.45. The lowest BCUT2D eigenvalue weighted by Crippen LogP contribution is -2.06. The smallest absolute Gasteiger partial charge is 0.293 e. The van der Waals surface area contributed by atoms with Crippen LogP contribution in [-0.2, 0) is 4.79 Å². The van der Waals surface area contributed by atoms with E-state index in [1.165, 1.54) is 18.2 Å². The van der Waals surface area contributed by atoms with Crippen LogP contribution in [0.5, 0.6) is 5.75 Å². The SMILES string of the molecule is NC(=O)C#Cc1cc(O)cc(Cl)c1. The second-order valence-electron chi connectivity index (χ2n) is 2.31. The maximum Gasteiger partial charge on any atom is 0.293 e. The summed E-state index contributed by atoms with van der Waals surface area (Å²) >= 11 is 5.62. The van der Waals surface area contributed by atoms with E-state index in [4.69, 9.17) is 22.4 Å². The van der Waals surface area contributed by atoms with Crippen LogP contribution in [0, 0.1) is 11.8 Å². The quantitative estimate of drug-likeness (QED) is 0.604. The van der Waals surface area contributed by atoms with E-state index in [9.17, 15) is 4.79 Å². The Balaban J connectivity index is 3.04. The van der Waals surface area contributed by atoms with Crippen molar-refractivity contribution in [3.05, 3.63) is 28.8 Å². The molecule has 0 aliphatic rings. The summed E-state index contributed by atoms with van der Waals surface area (Å²) < 4.78 is 0. The lowest BCUT2D eigenvalue weighted by atomic mass is 10.2. The number of halogens is 1. The Kier molecular flexibility index (Phi) is 2.78. The zero-order valence-corrected chi connectivity index (χ0v) is 7.30. The molecule has 0 aliphatic carbocycles. The van der Waals surface area contributed by atoms with Gasteiger partial charge in [0, 0.05) is 10.6 Å². The topological polar surface area (TPSA) is 63.3 Å². The highest BCUT2D eigenvalue weighted by atomic mass is 35.5. The van der Waals surface area contributed by atoms with Gasteiger partial charge in [-0.25, -0.2) is 0 Å². The summed E-state index contributed by atoms with van der Waals surface area (Å²) in [5.74, 6) is 3.87. The molecular weight excluding hydrogens is 190 g/mol. The van der Waals surface area contributed by atoms with Crippen LogP contribution < -0.4 is 5.73 Å². The van der Waals surface area contributed by atoms with Crippen molar-refractivity contribution in [3.63, 3.8) is 0 Å². The van der Waals surface area contributed by atoms with Crippen molar-refractivity contribution >= 4 is 17.5 Å². The Hall–Kier alpha value is -1.66. The first-order valence-electron chi connectivity index (χ1n) is 3.39. The number of aromatic hydroxyl groups is 1. The first kappa shape index (κ1) is 9.43. The molecular formula is C9H6ClNO2. The molecule has 4 heteroatoms. The number of hydrogen-bond acceptors (Lipinski definition) is 2. The fourth-order valence-electron chi connectivity index (χ4n) is 0.780. The Morgan fingerprint density at radius 1 is 1.46 bits per heavy atom. The molecule has 0 aliphatic heterocycles. The van der Waals surface area contributed by atoms with Crippen LogP contribution in [0.2, 0.25) is 5.02 Å². The highest BCUT2D eigenvalue weighted by Crippen LogP contribution is 2.18. The number of benzene rings is 1. The number of carbonyl (C=O) groups is 1. The van der Waals surface area contributed by atoms with E-state index in [-0.39, 0.29) is 5.75 Å². The van der Waals surface area contributed by atoms with Crippen molar-refractivity contribution in [1.29, 1.82) is 0 Å². The summed E-state index contributed by atoms with van der Waals surface area (Å²) in [7, 11) is 0. The van der Waals surface area contributed by atoms with Crippen LogP contribution in [0.4, 0.5) is 0 Å². The molecule has 0 saturated heterocycles. The summed E-state index contributed by atoms with van der Waals surface area (Å²) in [6, 6.07) is 4.29. The van der Waals surface area contributed by atoms with Gasteiger partial charge in [-0.05, 0) is 24.1 Å². The van der Waals surface area contributed by atoms with E-state index in [1.807, 2.05) is 0 Å². The molecule has 1 rings (SSSR count). The number of rotatable bonds is 0. The Bertz CT molecular complexity index is 384. The van der Waals surface area contributed by atoms with Crippen molar-refractivity contribution in [2.24, 2.45) is 5.73 Å². The fourth-order valence-corrected chi connectivity index (χ4v) is 1.01. The van der Waals surface area contributed by atoms with E-state index in [1.54, 1.807) is 0 Å². The van der Waals surface area contributed by atoms with Crippen LogP contribution >= 0.6 is 11.6 Å². The number of carbonyl (C=O) groups excluding carboxylic acids is 1. The lowest BCUT2D eigenvalue weighted by Gasteiger charge is -1.94. The van der Waals surface area contributed by atoms with Gasteiger partial charge in [0.25, 0.3) is 5.91 Å². The molecule has 3 nitrogen and oxygen atoms in total. The average molecular weight is 196 g/mol. The van der Waals surface area contributed by atoms with E-state index >= 15 is 0 Å². The summed E-state index contributed by atoms with van der Waals surface area (Å²) in [6.07, 6.45) is 0. The fraction of sp³-hybridized carbons (Fsp3) is 0. The molecule has 0 aromatic heterocycles. The van der Waals surface area contributed by atoms with Gasteiger partial charge in [0.1, 0.15) is 5.75 Å². The molecule has 1 aromatic rings. The van der Waals surface area contributed by atoms with Gasteiger partial charge >= 0.3 is 0 Å². The van der Waals surface area contributed by atoms with Crippen LogP contribution in [-0.4, -0.2) is 11.0 Å². The molecule has 0 heterocycles. The standard InChI is InChI=1S/C9H6ClNO2/c10-7-3-6(1-2-9(11)13)4-8(12)5-7/h3-5,12H,(H2,11,13). The Morgan fingerprint density at radius 3 is 2.69 bits per heavy atom. The monoisotopic (exact) mass is 195 g/mol. The molecule has 0 spiro atoms. The minimum absolute atomic E-state index is 0.00118. The molecule has 3 N–H and O–H groups in total. The van der Waals surface area contributed by atoms with Crippen molar-refractivity contribution in [1.82, 2.24) is 0 Å². The van der Waals surface area contributed by atoms with Gasteiger partial charge in [-0.3, -0.25) is 4.79 Å². The lowest BCUT2D eigenvalue weighted by molar-refractivity contribution is -0.112. The van der Waals surface area contributed by atoms with Crippen LogP contribution in [0.1, 0.15) is 5.56 Å². The third-order valence-electron chi connectivity index (χ3n) is 1.21. The molecule has 0 atom stereocenters. The van der Waals surface area contributed by atoms with Crippen LogP contribution in [0.3, 0.4) is 0 Å². The number of primary amides is 1. The number of phenolic OH excluding ortho intramolecular Hbond substituents is 1. The summed E-state index contributed by atoms with van der Waals surface area (Å²) in [5.41, 5.74) is 5.26. The second-order valence-corrected chi connectivity index (χ2v) is 2.75. The predicted molar refractivity (Wildman–Crippen MR) is 49.2 cm³/mol. The van der Waals surface area contributed by atoms with Crippen LogP contribution in [0.15, 0.2) is 18.2 Å². The zero-order chi connectivity index (χ0) is 9.84. The van der Waals surface area contributed by atoms with E-state index in [2.05, 4.69) is 11.8 Å². The molecule has 0 bridgehead atoms. The molecule has 0 unspecified atom stereocenters. The third-order valence-corrected chi connectivity index (χ3v) is 1.43. The minimum Gasteiger partial charge on any atom is -0.508 e. The number of hydrogen-bond donors (Lipinski definition) is 2. The van der Waals surface area contributed by atoms with Gasteiger partial charge < -0.3 is 10.8 Å². The van der Waals surface area contributed by atoms with E-state index < -0.39 is 5.91 Å². The largest absolute Gasteiger partial charge is 0.508 e. The zero-order valence-electron chi connectivity index (χ0n) is 6.54. The first-order chi connectivity index (χ1) is 6.08. The Morgan fingerprint density at radius 2 is 2.15 bits per heavy atom. The molecule has 1 amide bonds. The molecule has 0 saturated carbocycles. The minimum atomic E-state index is -0.723. The van der Waals surface area contributed by atoms with Gasteiger partial charge in [-0.2, -0.15) is 0 Å². The molecule has 13 heavy (non-hydrogen) atoms. The van der Waals surface area contributed by atoms with Gasteiger partial charge in [-0.1, -0.05) is 17.5 Å². The number of nitrogens with two attached hydrogens (primary N) is 1. The summed E-state index contributed by atoms with van der Waals surface area (Å²) in [6.45, 7) is 0. The third kappa shape index (κ3) is 3.06. The highest BCUT2D eigenvalue weighted by Gasteiger charge is 1.95. The first-order valence-corrected chi connectivity index (χ1v) is 3.77. The maximum absolute atomic E-state index is 10.3.